The van der Waals surface area contributed by atoms with E-state index in [0.29, 0.717) is 24.1 Å². The zero-order valence-electron chi connectivity index (χ0n) is 21.0. The second-order valence-corrected chi connectivity index (χ2v) is 11.1. The van der Waals surface area contributed by atoms with Crippen LogP contribution in [0.15, 0.2) is 23.1 Å². The molecular weight excluding hydrogens is 454 g/mol. The van der Waals surface area contributed by atoms with E-state index in [9.17, 15) is 24.9 Å². The van der Waals surface area contributed by atoms with Crippen LogP contribution in [0.4, 0.5) is 0 Å². The van der Waals surface area contributed by atoms with Crippen LogP contribution in [0.3, 0.4) is 0 Å². The van der Waals surface area contributed by atoms with Gasteiger partial charge in [0.2, 0.25) is 0 Å². The van der Waals surface area contributed by atoms with Crippen LogP contribution in [0.2, 0.25) is 0 Å². The molecule has 190 valence electrons. The van der Waals surface area contributed by atoms with Crippen molar-refractivity contribution in [1.82, 2.24) is 4.98 Å². The summed E-state index contributed by atoms with van der Waals surface area (Å²) in [5, 5.41) is 35.1. The second-order valence-electron chi connectivity index (χ2n) is 10.0. The molecule has 0 fully saturated rings. The number of aliphatic hydroxyl groups excluding tert-OH is 3. The van der Waals surface area contributed by atoms with Gasteiger partial charge in [-0.1, -0.05) is 39.8 Å². The number of allylic oxidation sites excluding steroid dienone is 1. The van der Waals surface area contributed by atoms with Crippen molar-refractivity contribution in [2.75, 3.05) is 0 Å². The number of ketones is 1. The maximum absolute atomic E-state index is 13.1. The Bertz CT molecular complexity index is 905. The van der Waals surface area contributed by atoms with Gasteiger partial charge in [0, 0.05) is 11.3 Å². The number of hydrogen-bond acceptors (Lipinski definition) is 8. The molecule has 0 saturated heterocycles. The van der Waals surface area contributed by atoms with Crippen LogP contribution in [-0.4, -0.2) is 56.5 Å². The standard InChI is InChI=1S/C26H39NO6S/c1-15-10-8-7-9-11-20(28)24(16(2)12-19-14-34-18(4)27-19)33-22(30)13-21(29)26(5,6)25(32)17(3)23(15)31/h9,11-12,14-15,17,20-21,23-24,28-29,31H,7-8,10,13H2,1-6H3/b11-9-,16-12+/t15-,17+,20-,21-,23-,24+/m0/s1. The molecule has 0 radical (unpaired) electrons. The highest BCUT2D eigenvalue weighted by Gasteiger charge is 2.42. The van der Waals surface area contributed by atoms with Gasteiger partial charge in [-0.2, -0.15) is 0 Å². The maximum Gasteiger partial charge on any atom is 0.309 e. The van der Waals surface area contributed by atoms with Crippen LogP contribution < -0.4 is 0 Å². The highest BCUT2D eigenvalue weighted by atomic mass is 32.1. The molecule has 0 saturated carbocycles. The first-order valence-electron chi connectivity index (χ1n) is 11.9. The first-order valence-corrected chi connectivity index (χ1v) is 12.8. The van der Waals surface area contributed by atoms with Crippen molar-refractivity contribution in [2.45, 2.75) is 91.6 Å². The van der Waals surface area contributed by atoms with Crippen LogP contribution in [0.1, 0.15) is 71.0 Å². The topological polar surface area (TPSA) is 117 Å². The summed E-state index contributed by atoms with van der Waals surface area (Å²) in [6.07, 6.45) is 2.78. The number of cyclic esters (lactones) is 1. The van der Waals surface area contributed by atoms with Crippen molar-refractivity contribution in [3.63, 3.8) is 0 Å². The lowest BCUT2D eigenvalue weighted by Crippen LogP contribution is -2.46. The van der Waals surface area contributed by atoms with Gasteiger partial charge < -0.3 is 20.1 Å². The zero-order chi connectivity index (χ0) is 25.6. The number of aliphatic hydroxyl groups is 3. The molecule has 0 spiro atoms. The van der Waals surface area contributed by atoms with Crippen LogP contribution >= 0.6 is 11.3 Å². The van der Waals surface area contributed by atoms with Gasteiger partial charge in [0.25, 0.3) is 0 Å². The minimum atomic E-state index is -1.30. The molecular formula is C26H39NO6S. The smallest absolute Gasteiger partial charge is 0.309 e. The molecule has 3 N–H and O–H groups in total. The Kier molecular flexibility index (Phi) is 10.2. The van der Waals surface area contributed by atoms with Crippen molar-refractivity contribution in [3.05, 3.63) is 33.8 Å². The van der Waals surface area contributed by atoms with Crippen molar-refractivity contribution < 1.29 is 29.6 Å². The molecule has 1 aromatic heterocycles. The van der Waals surface area contributed by atoms with Gasteiger partial charge in [0.05, 0.1) is 34.7 Å². The summed E-state index contributed by atoms with van der Waals surface area (Å²) in [6.45, 7) is 10.4. The lowest BCUT2D eigenvalue weighted by Gasteiger charge is -2.34. The highest BCUT2D eigenvalue weighted by Crippen LogP contribution is 2.32. The Morgan fingerprint density at radius 2 is 1.91 bits per heavy atom. The molecule has 6 atom stereocenters. The monoisotopic (exact) mass is 493 g/mol. The van der Waals surface area contributed by atoms with Gasteiger partial charge in [0.1, 0.15) is 11.9 Å². The Labute approximate surface area is 206 Å². The number of nitrogens with zero attached hydrogens (tertiary/aromatic N) is 1. The van der Waals surface area contributed by atoms with Crippen molar-refractivity contribution in [1.29, 1.82) is 0 Å². The predicted octanol–water partition coefficient (Wildman–Crippen LogP) is 3.85. The second kappa shape index (κ2) is 12.2. The van der Waals surface area contributed by atoms with E-state index >= 15 is 0 Å². The summed E-state index contributed by atoms with van der Waals surface area (Å²) in [4.78, 5) is 30.3. The van der Waals surface area contributed by atoms with Gasteiger partial charge in [-0.25, -0.2) is 4.98 Å². The lowest BCUT2D eigenvalue weighted by atomic mass is 9.73. The molecule has 7 nitrogen and oxygen atoms in total. The Morgan fingerprint density at radius 1 is 1.24 bits per heavy atom. The number of ether oxygens (including phenoxy) is 1. The molecule has 1 aliphatic rings. The quantitative estimate of drug-likeness (QED) is 0.423. The van der Waals surface area contributed by atoms with E-state index in [1.54, 1.807) is 39.8 Å². The normalized spacial score (nSPS) is 33.4. The summed E-state index contributed by atoms with van der Waals surface area (Å²) in [6, 6.07) is 0. The SMILES string of the molecule is C/C(=C\c1csc(C)n1)[C@H]1OC(=O)C[C@H](O)C(C)(C)C(=O)[C@H](C)[C@@H](O)[C@@H](C)CCC/C=C\[C@@H]1O. The van der Waals surface area contributed by atoms with Crippen molar-refractivity contribution in [3.8, 4) is 0 Å². The van der Waals surface area contributed by atoms with E-state index in [0.717, 1.165) is 11.4 Å². The Hall–Kier alpha value is -1.87. The fraction of sp³-hybridized carbons (Fsp3) is 0.654. The van der Waals surface area contributed by atoms with E-state index < -0.39 is 48.1 Å². The molecule has 1 aliphatic heterocycles. The average molecular weight is 494 g/mol. The van der Waals surface area contributed by atoms with E-state index in [2.05, 4.69) is 4.98 Å². The van der Waals surface area contributed by atoms with Gasteiger partial charge in [-0.3, -0.25) is 9.59 Å². The number of carbonyl (C=O) groups excluding carboxylic acids is 2. The van der Waals surface area contributed by atoms with Crippen molar-refractivity contribution in [2.24, 2.45) is 17.3 Å². The summed E-state index contributed by atoms with van der Waals surface area (Å²) < 4.78 is 5.61. The van der Waals surface area contributed by atoms with Gasteiger partial charge in [-0.05, 0) is 50.7 Å². The molecule has 0 amide bonds. The van der Waals surface area contributed by atoms with Crippen LogP contribution in [-0.2, 0) is 14.3 Å². The van der Waals surface area contributed by atoms with E-state index in [1.807, 2.05) is 25.3 Å². The molecule has 2 heterocycles. The number of thiazole rings is 1. The third kappa shape index (κ3) is 7.31. The third-order valence-corrected chi connectivity index (χ3v) is 7.52. The number of rotatable bonds is 2. The fourth-order valence-electron chi connectivity index (χ4n) is 4.26. The minimum Gasteiger partial charge on any atom is -0.455 e. The van der Waals surface area contributed by atoms with Gasteiger partial charge in [-0.15, -0.1) is 11.3 Å². The lowest BCUT2D eigenvalue weighted by molar-refractivity contribution is -0.157. The Balaban J connectivity index is 2.34. The van der Waals surface area contributed by atoms with Crippen LogP contribution in [0.25, 0.3) is 6.08 Å². The molecule has 2 rings (SSSR count). The summed E-state index contributed by atoms with van der Waals surface area (Å²) in [5.41, 5.74) is 0.0764. The van der Waals surface area contributed by atoms with Crippen molar-refractivity contribution >= 4 is 29.2 Å². The predicted molar refractivity (Wildman–Crippen MR) is 133 cm³/mol. The molecule has 0 bridgehead atoms. The molecule has 1 aromatic rings. The Morgan fingerprint density at radius 3 is 2.53 bits per heavy atom. The molecule has 0 aliphatic carbocycles. The number of esters is 1. The summed E-state index contributed by atoms with van der Waals surface area (Å²) >= 11 is 1.50. The fourth-order valence-corrected chi connectivity index (χ4v) is 4.83. The number of Topliss-reactive ketones (excluding diaryl/α,β-unsaturated/α-hetero) is 1. The molecule has 34 heavy (non-hydrogen) atoms. The average Bonchev–Trinajstić information content (AvgIpc) is 3.18. The largest absolute Gasteiger partial charge is 0.455 e. The highest BCUT2D eigenvalue weighted by molar-refractivity contribution is 7.09. The van der Waals surface area contributed by atoms with Gasteiger partial charge in [0.15, 0.2) is 6.10 Å². The maximum atomic E-state index is 13.1. The van der Waals surface area contributed by atoms with Crippen LogP contribution in [0, 0.1) is 24.2 Å². The minimum absolute atomic E-state index is 0.109. The number of carbonyl (C=O) groups is 2. The van der Waals surface area contributed by atoms with Crippen LogP contribution in [0.5, 0.6) is 0 Å². The summed E-state index contributed by atoms with van der Waals surface area (Å²) in [5.74, 6) is -1.81. The molecule has 0 aromatic carbocycles. The molecule has 0 unspecified atom stereocenters. The van der Waals surface area contributed by atoms with E-state index in [-0.39, 0.29) is 11.7 Å². The zero-order valence-corrected chi connectivity index (χ0v) is 21.8. The number of hydrogen-bond donors (Lipinski definition) is 3. The first-order chi connectivity index (χ1) is 15.8. The number of aryl methyl sites for hydroxylation is 1. The van der Waals surface area contributed by atoms with Gasteiger partial charge >= 0.3 is 5.97 Å². The summed E-state index contributed by atoms with van der Waals surface area (Å²) in [7, 11) is 0. The third-order valence-electron chi connectivity index (χ3n) is 6.73. The first kappa shape index (κ1) is 28.4. The number of aromatic nitrogens is 1. The van der Waals surface area contributed by atoms with E-state index in [1.165, 1.54) is 11.3 Å². The molecule has 8 heteroatoms. The van der Waals surface area contributed by atoms with E-state index in [4.69, 9.17) is 4.74 Å².